The first-order valence-corrected chi connectivity index (χ1v) is 7.65. The summed E-state index contributed by atoms with van der Waals surface area (Å²) in [5, 5.41) is 11.1. The quantitative estimate of drug-likeness (QED) is 0.711. The standard InChI is InChI=1S/C12H14N2O6S/c1-2-9-12(17)14-8-5-7(3-4-10(8)20-9)21(18,19)13-6-11(15)16/h3-5,9,13H,2,6H2,1H3,(H,14,17)(H,15,16). The molecule has 0 aromatic heterocycles. The molecule has 0 saturated heterocycles. The van der Waals surface area contributed by atoms with E-state index in [4.69, 9.17) is 9.84 Å². The zero-order valence-electron chi connectivity index (χ0n) is 11.1. The minimum Gasteiger partial charge on any atom is -0.480 e. The van der Waals surface area contributed by atoms with E-state index in [0.717, 1.165) is 0 Å². The number of aliphatic carboxylic acids is 1. The van der Waals surface area contributed by atoms with Gasteiger partial charge in [0.05, 0.1) is 10.6 Å². The molecule has 1 unspecified atom stereocenters. The van der Waals surface area contributed by atoms with Crippen molar-refractivity contribution < 1.29 is 27.9 Å². The molecule has 1 aliphatic heterocycles. The van der Waals surface area contributed by atoms with Gasteiger partial charge in [-0.05, 0) is 24.6 Å². The van der Waals surface area contributed by atoms with Gasteiger partial charge in [0.1, 0.15) is 12.3 Å². The van der Waals surface area contributed by atoms with Gasteiger partial charge in [0.2, 0.25) is 10.0 Å². The zero-order valence-corrected chi connectivity index (χ0v) is 11.9. The van der Waals surface area contributed by atoms with E-state index < -0.39 is 28.6 Å². The summed E-state index contributed by atoms with van der Waals surface area (Å²) >= 11 is 0. The van der Waals surface area contributed by atoms with E-state index in [-0.39, 0.29) is 16.5 Å². The summed E-state index contributed by atoms with van der Waals surface area (Å²) in [6.45, 7) is 1.07. The number of anilines is 1. The summed E-state index contributed by atoms with van der Waals surface area (Å²) in [5.41, 5.74) is 0.239. The molecule has 21 heavy (non-hydrogen) atoms. The normalized spacial score (nSPS) is 17.6. The lowest BCUT2D eigenvalue weighted by atomic mass is 10.2. The number of carbonyl (C=O) groups is 2. The fourth-order valence-electron chi connectivity index (χ4n) is 1.81. The molecule has 0 spiro atoms. The third-order valence-electron chi connectivity index (χ3n) is 2.87. The molecule has 0 fully saturated rings. The summed E-state index contributed by atoms with van der Waals surface area (Å²) < 4.78 is 31.2. The Bertz CT molecular complexity index is 685. The van der Waals surface area contributed by atoms with Crippen LogP contribution < -0.4 is 14.8 Å². The van der Waals surface area contributed by atoms with Gasteiger partial charge >= 0.3 is 5.97 Å². The molecule has 2 rings (SSSR count). The fraction of sp³-hybridized carbons (Fsp3) is 0.333. The van der Waals surface area contributed by atoms with E-state index in [9.17, 15) is 18.0 Å². The summed E-state index contributed by atoms with van der Waals surface area (Å²) in [6, 6.07) is 3.93. The van der Waals surface area contributed by atoms with Gasteiger partial charge in [0.25, 0.3) is 5.91 Å². The van der Waals surface area contributed by atoms with Crippen LogP contribution in [0, 0.1) is 0 Å². The van der Waals surface area contributed by atoms with Crippen LogP contribution in [0.3, 0.4) is 0 Å². The topological polar surface area (TPSA) is 122 Å². The van der Waals surface area contributed by atoms with Crippen LogP contribution in [-0.2, 0) is 19.6 Å². The molecule has 1 aromatic carbocycles. The van der Waals surface area contributed by atoms with Gasteiger partial charge in [-0.2, -0.15) is 4.72 Å². The van der Waals surface area contributed by atoms with Crippen LogP contribution in [0.2, 0.25) is 0 Å². The van der Waals surface area contributed by atoms with E-state index in [1.54, 1.807) is 6.92 Å². The second-order valence-electron chi connectivity index (χ2n) is 4.38. The van der Waals surface area contributed by atoms with Gasteiger partial charge in [-0.3, -0.25) is 9.59 Å². The maximum atomic E-state index is 11.9. The van der Waals surface area contributed by atoms with Crippen LogP contribution in [0.25, 0.3) is 0 Å². The minimum absolute atomic E-state index is 0.152. The van der Waals surface area contributed by atoms with Gasteiger partial charge in [-0.1, -0.05) is 6.92 Å². The van der Waals surface area contributed by atoms with E-state index in [1.165, 1.54) is 18.2 Å². The van der Waals surface area contributed by atoms with Crippen LogP contribution in [0.5, 0.6) is 5.75 Å². The first kappa shape index (κ1) is 15.3. The molecule has 114 valence electrons. The van der Waals surface area contributed by atoms with Crippen molar-refractivity contribution in [1.82, 2.24) is 4.72 Å². The Labute approximate surface area is 121 Å². The predicted molar refractivity (Wildman–Crippen MR) is 72.6 cm³/mol. The van der Waals surface area contributed by atoms with E-state index in [1.807, 2.05) is 4.72 Å². The highest BCUT2D eigenvalue weighted by Gasteiger charge is 2.27. The van der Waals surface area contributed by atoms with Crippen molar-refractivity contribution in [3.05, 3.63) is 18.2 Å². The third-order valence-corrected chi connectivity index (χ3v) is 4.26. The number of nitrogens with one attached hydrogen (secondary N) is 2. The monoisotopic (exact) mass is 314 g/mol. The lowest BCUT2D eigenvalue weighted by molar-refractivity contribution is -0.135. The number of sulfonamides is 1. The largest absolute Gasteiger partial charge is 0.480 e. The number of ether oxygens (including phenoxy) is 1. The molecular weight excluding hydrogens is 300 g/mol. The van der Waals surface area contributed by atoms with Gasteiger partial charge in [-0.15, -0.1) is 0 Å². The second-order valence-corrected chi connectivity index (χ2v) is 6.15. The number of hydrogen-bond acceptors (Lipinski definition) is 5. The van der Waals surface area contributed by atoms with Gasteiger partial charge in [0, 0.05) is 0 Å². The van der Waals surface area contributed by atoms with Crippen molar-refractivity contribution >= 4 is 27.6 Å². The maximum absolute atomic E-state index is 11.9. The predicted octanol–water partition coefficient (Wildman–Crippen LogP) is 0.159. The molecule has 1 heterocycles. The molecule has 0 bridgehead atoms. The highest BCUT2D eigenvalue weighted by molar-refractivity contribution is 7.89. The SMILES string of the molecule is CCC1Oc2ccc(S(=O)(=O)NCC(=O)O)cc2NC1=O. The lowest BCUT2D eigenvalue weighted by Crippen LogP contribution is -2.36. The second kappa shape index (κ2) is 5.70. The Hall–Kier alpha value is -2.13. The number of carboxylic acids is 1. The third kappa shape index (κ3) is 3.31. The van der Waals surface area contributed by atoms with Crippen molar-refractivity contribution in [2.75, 3.05) is 11.9 Å². The average Bonchev–Trinajstić information content (AvgIpc) is 2.44. The van der Waals surface area contributed by atoms with Crippen molar-refractivity contribution in [3.8, 4) is 5.75 Å². The van der Waals surface area contributed by atoms with Crippen molar-refractivity contribution in [2.45, 2.75) is 24.3 Å². The summed E-state index contributed by atoms with van der Waals surface area (Å²) in [6.07, 6.45) is -0.115. The maximum Gasteiger partial charge on any atom is 0.318 e. The number of carbonyl (C=O) groups excluding carboxylic acids is 1. The van der Waals surface area contributed by atoms with Crippen LogP contribution >= 0.6 is 0 Å². The highest BCUT2D eigenvalue weighted by atomic mass is 32.2. The number of carboxylic acid groups (broad SMARTS) is 1. The molecule has 3 N–H and O–H groups in total. The van der Waals surface area contributed by atoms with Crippen LogP contribution in [-0.4, -0.2) is 38.0 Å². The Morgan fingerprint density at radius 3 is 2.81 bits per heavy atom. The summed E-state index contributed by atoms with van der Waals surface area (Å²) in [4.78, 5) is 22.0. The molecule has 0 radical (unpaired) electrons. The zero-order chi connectivity index (χ0) is 15.6. The first-order chi connectivity index (χ1) is 9.83. The van der Waals surface area contributed by atoms with E-state index >= 15 is 0 Å². The van der Waals surface area contributed by atoms with Crippen LogP contribution in [0.1, 0.15) is 13.3 Å². The average molecular weight is 314 g/mol. The molecule has 1 aromatic rings. The van der Waals surface area contributed by atoms with Gasteiger partial charge in [0.15, 0.2) is 6.10 Å². The van der Waals surface area contributed by atoms with Crippen LogP contribution in [0.4, 0.5) is 5.69 Å². The Kier molecular flexibility index (Phi) is 4.14. The van der Waals surface area contributed by atoms with Crippen molar-refractivity contribution in [3.63, 3.8) is 0 Å². The Morgan fingerprint density at radius 1 is 1.48 bits per heavy atom. The lowest BCUT2D eigenvalue weighted by Gasteiger charge is -2.25. The smallest absolute Gasteiger partial charge is 0.318 e. The van der Waals surface area contributed by atoms with Gasteiger partial charge in [-0.25, -0.2) is 8.42 Å². The van der Waals surface area contributed by atoms with Crippen molar-refractivity contribution in [2.24, 2.45) is 0 Å². The van der Waals surface area contributed by atoms with Gasteiger partial charge < -0.3 is 15.2 Å². The summed E-state index contributed by atoms with van der Waals surface area (Å²) in [7, 11) is -3.96. The number of benzene rings is 1. The van der Waals surface area contributed by atoms with Crippen LogP contribution in [0.15, 0.2) is 23.1 Å². The molecule has 8 nitrogen and oxygen atoms in total. The molecule has 0 aliphatic carbocycles. The molecule has 0 saturated carbocycles. The van der Waals surface area contributed by atoms with E-state index in [0.29, 0.717) is 12.2 Å². The highest BCUT2D eigenvalue weighted by Crippen LogP contribution is 2.32. The Morgan fingerprint density at radius 2 is 2.19 bits per heavy atom. The minimum atomic E-state index is -3.96. The molecule has 1 atom stereocenters. The fourth-order valence-corrected chi connectivity index (χ4v) is 2.81. The first-order valence-electron chi connectivity index (χ1n) is 6.16. The molecule has 1 aliphatic rings. The molecule has 1 amide bonds. The number of rotatable bonds is 5. The number of amides is 1. The van der Waals surface area contributed by atoms with E-state index in [2.05, 4.69) is 5.32 Å². The number of hydrogen-bond donors (Lipinski definition) is 3. The molecule has 9 heteroatoms. The van der Waals surface area contributed by atoms with Crippen molar-refractivity contribution in [1.29, 1.82) is 0 Å². The Balaban J connectivity index is 2.28. The number of fused-ring (bicyclic) bond motifs is 1. The molecular formula is C12H14N2O6S. The summed E-state index contributed by atoms with van der Waals surface area (Å²) in [5.74, 6) is -1.27.